The highest BCUT2D eigenvalue weighted by atomic mass is 35.5. The average molecular weight is 1900 g/mol. The quantitative estimate of drug-likeness (QED) is 0.0399. The summed E-state index contributed by atoms with van der Waals surface area (Å²) >= 11 is 10.7. The summed E-state index contributed by atoms with van der Waals surface area (Å²) < 4.78 is 8.67. The predicted molar refractivity (Wildman–Crippen MR) is 577 cm³/mol. The van der Waals surface area contributed by atoms with Crippen LogP contribution in [0.2, 0.25) is 5.02 Å². The number of benzene rings is 9. The number of halogens is 2. The van der Waals surface area contributed by atoms with Crippen LogP contribution in [0.4, 0.5) is 34.1 Å². The minimum Gasteiger partial charge on any atom is -0.399 e. The van der Waals surface area contributed by atoms with Gasteiger partial charge in [-0.1, -0.05) is 175 Å². The molecule has 8 heterocycles. The largest absolute Gasteiger partial charge is 0.399 e. The summed E-state index contributed by atoms with van der Waals surface area (Å²) in [6.07, 6.45) is 19.4. The molecule has 0 atom stereocenters. The Morgan fingerprint density at radius 3 is 1.20 bits per heavy atom. The van der Waals surface area contributed by atoms with Gasteiger partial charge in [0.1, 0.15) is 24.3 Å². The van der Waals surface area contributed by atoms with Crippen molar-refractivity contribution in [1.29, 1.82) is 21.0 Å². The van der Waals surface area contributed by atoms with Crippen LogP contribution in [-0.2, 0) is 35.8 Å². The summed E-state index contributed by atoms with van der Waals surface area (Å²) in [5.74, 6) is -0.00966. The third-order valence-corrected chi connectivity index (χ3v) is 31.1. The molecular formula is C113H140Cl2N19O2P. The van der Waals surface area contributed by atoms with Crippen LogP contribution in [-0.4, -0.2) is 193 Å². The maximum atomic E-state index is 11.7. The zero-order valence-corrected chi connectivity index (χ0v) is 84.8. The van der Waals surface area contributed by atoms with Gasteiger partial charge in [0.15, 0.2) is 0 Å². The van der Waals surface area contributed by atoms with E-state index in [0.29, 0.717) is 29.0 Å². The van der Waals surface area contributed by atoms with Crippen molar-refractivity contribution in [2.75, 3.05) is 164 Å². The summed E-state index contributed by atoms with van der Waals surface area (Å²) in [6, 6.07) is 78.2. The zero-order valence-electron chi connectivity index (χ0n) is 82.4. The van der Waals surface area contributed by atoms with Gasteiger partial charge in [0.05, 0.1) is 55.7 Å². The predicted octanol–water partition coefficient (Wildman–Crippen LogP) is 22.7. The number of hydrogen-bond acceptors (Lipinski definition) is 16. The van der Waals surface area contributed by atoms with E-state index in [9.17, 15) is 25.4 Å². The van der Waals surface area contributed by atoms with Crippen LogP contribution in [0, 0.1) is 52.2 Å². The fraction of sp³-hybridized carbons (Fsp3) is 0.398. The molecule has 21 nitrogen and oxygen atoms in total. The first-order valence-corrected chi connectivity index (χ1v) is 51.5. The second-order valence-electron chi connectivity index (χ2n) is 36.3. The Morgan fingerprint density at radius 1 is 0.423 bits per heavy atom. The van der Waals surface area contributed by atoms with Gasteiger partial charge in [0.25, 0.3) is 0 Å². The highest BCUT2D eigenvalue weighted by Crippen LogP contribution is 2.56. The van der Waals surface area contributed by atoms with Gasteiger partial charge in [-0.3, -0.25) is 9.59 Å². The van der Waals surface area contributed by atoms with Crippen molar-refractivity contribution >= 4 is 125 Å². The Bertz CT molecular complexity index is 6210. The smallest absolute Gasteiger partial charge is 0.224 e. The van der Waals surface area contributed by atoms with E-state index in [0.717, 1.165) is 218 Å². The SMILES string of the molecule is CCC(=O)Cl.CCC(=O)Nc1ccc(-c2c(C#N)c3ccc(N4CCN(C)CC4)cc3n2CC)cc1.CCn1c(-c2ccc(N)cc2)c(C#N)c2ccc(N3CCN(C)CC3)cc21.CCn1cc(C#N)c2ccc(Cl)cc21.CCn1cc(C#N)c2ccc(N3CCN(C)CC3)cc21.CN1CCNCC1.Cc1ccc(N)cc1.c1ccc(-c2ccccc2P(C2CCCCC2)C2CCCCC2)cc1. The van der Waals surface area contributed by atoms with Crippen molar-refractivity contribution < 1.29 is 9.59 Å². The molecule has 1 amide bonds. The summed E-state index contributed by atoms with van der Waals surface area (Å²) in [7, 11) is 8.61. The van der Waals surface area contributed by atoms with Gasteiger partial charge in [-0.05, 0) is 242 Å². The standard InChI is InChI=1S/C25H29N5O.C24H31P.C22H25N5.C16H20N4.C11H9ClN2.C7H9N.C5H12N2.C3H5ClO/c1-4-24(31)27-19-8-6-18(7-9-19)25-22(17-26)21-11-10-20(16-23(21)30(25)5-2)29-14-12-28(3)13-15-29;1-4-12-20(13-5-1)23-18-10-11-19-24(23)25(21-14-6-2-7-15-21)22-16-8-3-9-17-22;1-3-27-21-14-18(26-12-10-25(2)11-13-26)8-9-19(21)20(15-23)22(27)16-4-6-17(24)7-5-16;1-3-19-12-13(11-17)15-5-4-14(10-16(15)19)20-8-6-18(2)7-9-20;1-2-14-7-8(6-13)10-4-3-9(12)5-11(10)14;1-6-2-4-7(8)5-3-6;1-7-4-2-6-3-5-7;1-2-3(4)5/h6-11,16H,4-5,12-15H2,1-3H3,(H,27,31);1,4-5,10-13,18-19,21-22H,2-3,6-9,14-17H2;4-9,14H,3,10-13,24H2,1-2H3;4-5,10,12H,3,6-9H2,1-2H3;3-5,7H,2H2,1H3;2-5H,8H2,1H3;6H,2-5H2,1H3;2H2,1H3. The van der Waals surface area contributed by atoms with E-state index in [-0.39, 0.29) is 19.1 Å². The molecule has 0 spiro atoms. The molecule has 137 heavy (non-hydrogen) atoms. The molecule has 6 aliphatic rings. The van der Waals surface area contributed by atoms with E-state index in [2.05, 4.69) is 241 Å². The van der Waals surface area contributed by atoms with Gasteiger partial charge in [-0.15, -0.1) is 0 Å². The number of nitriles is 4. The maximum absolute atomic E-state index is 11.7. The second-order valence-corrected chi connectivity index (χ2v) is 39.9. The van der Waals surface area contributed by atoms with E-state index in [4.69, 9.17) is 39.9 Å². The number of rotatable bonds is 16. The minimum absolute atomic E-state index is 0.00966. The van der Waals surface area contributed by atoms with E-state index < -0.39 is 0 Å². The molecule has 24 heteroatoms. The lowest BCUT2D eigenvalue weighted by Gasteiger charge is -2.39. The van der Waals surface area contributed by atoms with Crippen molar-refractivity contribution in [2.24, 2.45) is 0 Å². The lowest BCUT2D eigenvalue weighted by molar-refractivity contribution is -0.116. The number of anilines is 6. The highest BCUT2D eigenvalue weighted by molar-refractivity contribution is 7.67. The summed E-state index contributed by atoms with van der Waals surface area (Å²) in [6.45, 7) is 34.8. The third-order valence-electron chi connectivity index (χ3n) is 27.0. The topological polar surface area (TPSA) is 248 Å². The van der Waals surface area contributed by atoms with Crippen LogP contribution in [0.15, 0.2) is 213 Å². The van der Waals surface area contributed by atoms with Crippen LogP contribution < -0.4 is 42.1 Å². The fourth-order valence-corrected chi connectivity index (χ4v) is 23.2. The number of aromatic nitrogens is 4. The van der Waals surface area contributed by atoms with E-state index >= 15 is 0 Å². The number of piperazine rings is 4. The van der Waals surface area contributed by atoms with Crippen LogP contribution in [0.25, 0.3) is 77.3 Å². The van der Waals surface area contributed by atoms with Gasteiger partial charge in [-0.2, -0.15) is 21.0 Å². The monoisotopic (exact) mass is 1900 g/mol. The number of aryl methyl sites for hydroxylation is 5. The number of carbonyl (C=O) groups is 2. The number of nitrogens with two attached hydrogens (primary N) is 2. The molecule has 6 fully saturated rings. The van der Waals surface area contributed by atoms with E-state index in [1.165, 1.54) is 117 Å². The third kappa shape index (κ3) is 27.5. The number of nitrogens with one attached hydrogen (secondary N) is 2. The minimum atomic E-state index is -0.273. The number of nitrogen functional groups attached to an aromatic ring is 2. The Hall–Kier alpha value is -12.0. The first-order chi connectivity index (χ1) is 66.5. The summed E-state index contributed by atoms with van der Waals surface area (Å²) in [4.78, 5) is 37.9. The van der Waals surface area contributed by atoms with Gasteiger partial charge >= 0.3 is 0 Å². The Morgan fingerprint density at radius 2 is 0.810 bits per heavy atom. The number of carbonyl (C=O) groups excluding carboxylic acids is 2. The lowest BCUT2D eigenvalue weighted by Crippen LogP contribution is -2.44. The van der Waals surface area contributed by atoms with Gasteiger partial charge < -0.3 is 74.7 Å². The number of nitrogens with zero attached hydrogens (tertiary/aromatic N) is 15. The molecule has 19 rings (SSSR count). The lowest BCUT2D eigenvalue weighted by atomic mass is 9.99. The van der Waals surface area contributed by atoms with E-state index in [1.54, 1.807) is 12.2 Å². The summed E-state index contributed by atoms with van der Waals surface area (Å²) in [5.41, 5.74) is 34.7. The molecule has 0 bridgehead atoms. The molecule has 6 N–H and O–H groups in total. The van der Waals surface area contributed by atoms with Gasteiger partial charge in [0, 0.05) is 217 Å². The summed E-state index contributed by atoms with van der Waals surface area (Å²) in [5, 5.41) is 50.4. The number of amides is 1. The van der Waals surface area contributed by atoms with Gasteiger partial charge in [-0.25, -0.2) is 0 Å². The molecule has 2 saturated carbocycles. The Kier molecular flexibility index (Phi) is 39.5. The van der Waals surface area contributed by atoms with Crippen molar-refractivity contribution in [3.8, 4) is 57.9 Å². The fourth-order valence-electron chi connectivity index (χ4n) is 19.1. The van der Waals surface area contributed by atoms with Crippen molar-refractivity contribution in [3.63, 3.8) is 0 Å². The molecule has 9 aromatic carbocycles. The number of likely N-dealkylation sites (N-methyl/N-ethyl adjacent to an activating group) is 4. The molecule has 0 radical (unpaired) electrons. The van der Waals surface area contributed by atoms with E-state index in [1.807, 2.05) is 129 Å². The van der Waals surface area contributed by atoms with Crippen LogP contribution in [0.1, 0.15) is 146 Å². The first kappa shape index (κ1) is 104. The first-order valence-electron chi connectivity index (χ1n) is 49.3. The average Bonchev–Trinajstić information content (AvgIpc) is 1.60. The van der Waals surface area contributed by atoms with Crippen LogP contribution in [0.5, 0.6) is 0 Å². The van der Waals surface area contributed by atoms with Crippen LogP contribution in [0.3, 0.4) is 0 Å². The van der Waals surface area contributed by atoms with Crippen molar-refractivity contribution in [2.45, 2.75) is 163 Å². The van der Waals surface area contributed by atoms with Crippen molar-refractivity contribution in [3.05, 3.63) is 245 Å². The normalized spacial score (nSPS) is 15.5. The molecule has 718 valence electrons. The molecule has 4 aromatic heterocycles. The Labute approximate surface area is 824 Å². The van der Waals surface area contributed by atoms with Gasteiger partial charge in [0.2, 0.25) is 11.1 Å². The zero-order chi connectivity index (χ0) is 97.4. The molecule has 4 saturated heterocycles. The highest BCUT2D eigenvalue weighted by Gasteiger charge is 2.34. The van der Waals surface area contributed by atoms with Crippen molar-refractivity contribution in [1.82, 2.24) is 43.2 Å². The number of fused-ring (bicyclic) bond motifs is 4. The molecule has 0 unspecified atom stereocenters. The molecule has 4 aliphatic heterocycles. The van der Waals surface area contributed by atoms with Crippen LogP contribution >= 0.6 is 31.1 Å². The molecule has 2 aliphatic carbocycles. The molecular weight excluding hydrogens is 1760 g/mol. The maximum Gasteiger partial charge on any atom is 0.224 e. The Balaban J connectivity index is 0.000000148. The number of hydrogen-bond donors (Lipinski definition) is 4. The second kappa shape index (κ2) is 52.0. The molecule has 13 aromatic rings.